The molecular formula is C15H13N3O2S. The molecule has 1 aliphatic rings. The predicted octanol–water partition coefficient (Wildman–Crippen LogP) is 3.06. The third-order valence-corrected chi connectivity index (χ3v) is 4.42. The minimum Gasteiger partial charge on any atom is -0.467 e. The van der Waals surface area contributed by atoms with Gasteiger partial charge in [0.05, 0.1) is 12.5 Å². The first-order chi connectivity index (χ1) is 10.3. The number of rotatable bonds is 3. The largest absolute Gasteiger partial charge is 0.467 e. The number of nitrogens with zero attached hydrogens (tertiary/aromatic N) is 2. The fraction of sp³-hybridized carbons (Fsp3) is 0.200. The lowest BCUT2D eigenvalue weighted by atomic mass is 9.89. The summed E-state index contributed by atoms with van der Waals surface area (Å²) >= 11 is 1.65. The predicted molar refractivity (Wildman–Crippen MR) is 79.4 cm³/mol. The lowest BCUT2D eigenvalue weighted by Gasteiger charge is -2.22. The molecular weight excluding hydrogens is 286 g/mol. The summed E-state index contributed by atoms with van der Waals surface area (Å²) in [6.07, 6.45) is 3.95. The number of fused-ring (bicyclic) bond motifs is 1. The van der Waals surface area contributed by atoms with E-state index in [0.717, 1.165) is 17.1 Å². The number of anilines is 1. The minimum atomic E-state index is 0.0277. The van der Waals surface area contributed by atoms with Crippen LogP contribution in [0.2, 0.25) is 0 Å². The monoisotopic (exact) mass is 299 g/mol. The second kappa shape index (κ2) is 4.89. The molecule has 1 atom stereocenters. The van der Waals surface area contributed by atoms with Crippen LogP contribution in [-0.4, -0.2) is 15.7 Å². The summed E-state index contributed by atoms with van der Waals surface area (Å²) < 4.78 is 7.13. The van der Waals surface area contributed by atoms with Crippen LogP contribution in [0, 0.1) is 0 Å². The molecule has 5 nitrogen and oxygen atoms in total. The summed E-state index contributed by atoms with van der Waals surface area (Å²) in [5, 5.41) is 11.5. The molecule has 1 N–H and O–H groups in total. The van der Waals surface area contributed by atoms with Crippen LogP contribution >= 0.6 is 11.3 Å². The fourth-order valence-electron chi connectivity index (χ4n) is 2.71. The number of hydrogen-bond donors (Lipinski definition) is 1. The first-order valence-electron chi connectivity index (χ1n) is 6.71. The third kappa shape index (κ3) is 2.17. The number of hydrogen-bond acceptors (Lipinski definition) is 4. The van der Waals surface area contributed by atoms with E-state index in [2.05, 4.69) is 21.9 Å². The zero-order valence-corrected chi connectivity index (χ0v) is 12.0. The minimum absolute atomic E-state index is 0.0277. The lowest BCUT2D eigenvalue weighted by Crippen LogP contribution is -2.24. The van der Waals surface area contributed by atoms with Crippen LogP contribution in [0.25, 0.3) is 0 Å². The van der Waals surface area contributed by atoms with Crippen molar-refractivity contribution in [1.82, 2.24) is 9.78 Å². The van der Waals surface area contributed by atoms with Crippen LogP contribution in [0.4, 0.5) is 5.82 Å². The van der Waals surface area contributed by atoms with E-state index in [9.17, 15) is 4.79 Å². The van der Waals surface area contributed by atoms with Crippen molar-refractivity contribution >= 4 is 23.1 Å². The maximum absolute atomic E-state index is 12.0. The molecule has 21 heavy (non-hydrogen) atoms. The van der Waals surface area contributed by atoms with Crippen molar-refractivity contribution in [2.45, 2.75) is 18.9 Å². The second-order valence-electron chi connectivity index (χ2n) is 5.05. The van der Waals surface area contributed by atoms with Crippen LogP contribution in [0.1, 0.15) is 29.2 Å². The molecule has 0 radical (unpaired) electrons. The molecule has 0 fully saturated rings. The maximum Gasteiger partial charge on any atom is 0.226 e. The Kier molecular flexibility index (Phi) is 2.89. The lowest BCUT2D eigenvalue weighted by molar-refractivity contribution is -0.116. The highest BCUT2D eigenvalue weighted by molar-refractivity contribution is 7.08. The third-order valence-electron chi connectivity index (χ3n) is 3.72. The van der Waals surface area contributed by atoms with Gasteiger partial charge in [-0.05, 0) is 34.5 Å². The Hall–Kier alpha value is -2.34. The van der Waals surface area contributed by atoms with Crippen LogP contribution in [-0.2, 0) is 11.3 Å². The summed E-state index contributed by atoms with van der Waals surface area (Å²) in [6.45, 7) is 0.513. The summed E-state index contributed by atoms with van der Waals surface area (Å²) in [5.41, 5.74) is 2.24. The highest BCUT2D eigenvalue weighted by atomic mass is 32.1. The van der Waals surface area contributed by atoms with Gasteiger partial charge in [-0.25, -0.2) is 4.68 Å². The van der Waals surface area contributed by atoms with Crippen LogP contribution in [0.5, 0.6) is 0 Å². The van der Waals surface area contributed by atoms with Gasteiger partial charge in [0, 0.05) is 17.9 Å². The Labute approximate surface area is 125 Å². The van der Waals surface area contributed by atoms with Crippen molar-refractivity contribution in [2.75, 3.05) is 5.32 Å². The number of aromatic nitrogens is 2. The molecule has 6 heteroatoms. The quantitative estimate of drug-likeness (QED) is 0.808. The number of nitrogens with one attached hydrogen (secondary N) is 1. The van der Waals surface area contributed by atoms with Crippen molar-refractivity contribution < 1.29 is 9.21 Å². The number of carbonyl (C=O) groups excluding carboxylic acids is 1. The number of furan rings is 1. The molecule has 3 aromatic heterocycles. The Balaban J connectivity index is 1.73. The molecule has 0 saturated carbocycles. The van der Waals surface area contributed by atoms with E-state index in [1.54, 1.807) is 22.3 Å². The van der Waals surface area contributed by atoms with Crippen molar-refractivity contribution in [3.8, 4) is 0 Å². The van der Waals surface area contributed by atoms with Gasteiger partial charge < -0.3 is 9.73 Å². The average Bonchev–Trinajstić information content (AvgIpc) is 3.20. The molecule has 1 aliphatic heterocycles. The van der Waals surface area contributed by atoms with Crippen molar-refractivity contribution in [3.05, 3.63) is 58.3 Å². The van der Waals surface area contributed by atoms with E-state index in [1.165, 1.54) is 5.56 Å². The number of thiophene rings is 1. The summed E-state index contributed by atoms with van der Waals surface area (Å²) in [5.74, 6) is 1.71. The SMILES string of the molecule is O=C1C[C@@H](c2ccsc2)c2cnn(Cc3ccco3)c2N1. The van der Waals surface area contributed by atoms with Gasteiger partial charge in [0.1, 0.15) is 18.1 Å². The Bertz CT molecular complexity index is 759. The van der Waals surface area contributed by atoms with Crippen molar-refractivity contribution in [2.24, 2.45) is 0 Å². The molecule has 106 valence electrons. The molecule has 3 aromatic rings. The second-order valence-corrected chi connectivity index (χ2v) is 5.83. The first kappa shape index (κ1) is 12.4. The normalized spacial score (nSPS) is 17.5. The van der Waals surface area contributed by atoms with Gasteiger partial charge in [0.25, 0.3) is 0 Å². The highest BCUT2D eigenvalue weighted by Crippen LogP contribution is 2.37. The van der Waals surface area contributed by atoms with Crippen molar-refractivity contribution in [1.29, 1.82) is 0 Å². The van der Waals surface area contributed by atoms with E-state index in [-0.39, 0.29) is 11.8 Å². The van der Waals surface area contributed by atoms with Gasteiger partial charge in [-0.1, -0.05) is 0 Å². The Morgan fingerprint density at radius 2 is 2.43 bits per heavy atom. The summed E-state index contributed by atoms with van der Waals surface area (Å²) in [4.78, 5) is 12.0. The van der Waals surface area contributed by atoms with Gasteiger partial charge >= 0.3 is 0 Å². The summed E-state index contributed by atoms with van der Waals surface area (Å²) in [7, 11) is 0. The zero-order chi connectivity index (χ0) is 14.2. The van der Waals surface area contributed by atoms with Gasteiger partial charge in [0.15, 0.2) is 0 Å². The molecule has 4 heterocycles. The van der Waals surface area contributed by atoms with E-state index in [4.69, 9.17) is 4.42 Å². The molecule has 0 aromatic carbocycles. The highest BCUT2D eigenvalue weighted by Gasteiger charge is 2.30. The molecule has 0 unspecified atom stereocenters. The first-order valence-corrected chi connectivity index (χ1v) is 7.65. The smallest absolute Gasteiger partial charge is 0.226 e. The van der Waals surface area contributed by atoms with E-state index >= 15 is 0 Å². The van der Waals surface area contributed by atoms with E-state index < -0.39 is 0 Å². The topological polar surface area (TPSA) is 60.1 Å². The molecule has 4 rings (SSSR count). The molecule has 0 aliphatic carbocycles. The van der Waals surface area contributed by atoms with E-state index in [1.807, 2.05) is 23.7 Å². The van der Waals surface area contributed by atoms with Gasteiger partial charge in [-0.3, -0.25) is 4.79 Å². The fourth-order valence-corrected chi connectivity index (χ4v) is 3.42. The van der Waals surface area contributed by atoms with Gasteiger partial charge in [-0.15, -0.1) is 0 Å². The molecule has 0 spiro atoms. The molecule has 1 amide bonds. The van der Waals surface area contributed by atoms with Gasteiger partial charge in [0.2, 0.25) is 5.91 Å². The van der Waals surface area contributed by atoms with Crippen LogP contribution in [0.15, 0.2) is 45.8 Å². The number of carbonyl (C=O) groups is 1. The van der Waals surface area contributed by atoms with Gasteiger partial charge in [-0.2, -0.15) is 16.4 Å². The zero-order valence-electron chi connectivity index (χ0n) is 11.2. The van der Waals surface area contributed by atoms with Crippen LogP contribution < -0.4 is 5.32 Å². The average molecular weight is 299 g/mol. The van der Waals surface area contributed by atoms with Crippen LogP contribution in [0.3, 0.4) is 0 Å². The Morgan fingerprint density at radius 1 is 1.48 bits per heavy atom. The number of amides is 1. The maximum atomic E-state index is 12.0. The Morgan fingerprint density at radius 3 is 3.19 bits per heavy atom. The van der Waals surface area contributed by atoms with E-state index in [0.29, 0.717) is 13.0 Å². The molecule has 0 saturated heterocycles. The summed E-state index contributed by atoms with van der Waals surface area (Å²) in [6, 6.07) is 5.81. The standard InChI is InChI=1S/C15H13N3O2S/c19-14-6-12(10-3-5-21-9-10)13-7-16-18(15(13)17-14)8-11-2-1-4-20-11/h1-5,7,9,12H,6,8H2,(H,17,19)/t12-/m0/s1. The molecule has 0 bridgehead atoms. The van der Waals surface area contributed by atoms with Crippen molar-refractivity contribution in [3.63, 3.8) is 0 Å².